The molecule has 0 aliphatic heterocycles. The highest BCUT2D eigenvalue weighted by atomic mass is 79.9. The largest absolute Gasteiger partial charge is 0.495 e. The number of methoxy groups -OCH3 is 1. The molecule has 0 N–H and O–H groups in total. The Morgan fingerprint density at radius 3 is 2.70 bits per heavy atom. The Bertz CT molecular complexity index is 659. The van der Waals surface area contributed by atoms with Gasteiger partial charge in [-0.25, -0.2) is 0 Å². The fourth-order valence-corrected chi connectivity index (χ4v) is 3.30. The molecule has 0 saturated heterocycles. The quantitative estimate of drug-likeness (QED) is 0.389. The van der Waals surface area contributed by atoms with Gasteiger partial charge in [-0.05, 0) is 34.1 Å². The molecule has 1 aromatic heterocycles. The first-order chi connectivity index (χ1) is 9.43. The number of alkyl halides is 1. The summed E-state index contributed by atoms with van der Waals surface area (Å²) in [6.45, 7) is 0. The van der Waals surface area contributed by atoms with E-state index in [1.165, 1.54) is 19.2 Å². The fraction of sp³-hybridized carbons (Fsp3) is 0.167. The smallest absolute Gasteiger partial charge is 0.433 e. The number of hydrogen-bond acceptors (Lipinski definition) is 4. The van der Waals surface area contributed by atoms with Crippen molar-refractivity contribution in [2.45, 2.75) is 4.83 Å². The average molecular weight is 425 g/mol. The Balaban J connectivity index is 2.46. The number of benzene rings is 1. The minimum absolute atomic E-state index is 0.315. The highest BCUT2D eigenvalue weighted by Gasteiger charge is 2.23. The van der Waals surface area contributed by atoms with Gasteiger partial charge in [-0.3, -0.25) is 10.1 Å². The number of halogens is 3. The Morgan fingerprint density at radius 2 is 2.15 bits per heavy atom. The van der Waals surface area contributed by atoms with Crippen LogP contribution in [0.2, 0.25) is 5.02 Å². The Morgan fingerprint density at radius 1 is 1.45 bits per heavy atom. The summed E-state index contributed by atoms with van der Waals surface area (Å²) in [5, 5.41) is 11.2. The lowest BCUT2D eigenvalue weighted by atomic mass is 10.1. The summed E-state index contributed by atoms with van der Waals surface area (Å²) < 4.78 is 11.2. The topological polar surface area (TPSA) is 65.5 Å². The predicted molar refractivity (Wildman–Crippen MR) is 81.8 cm³/mol. The molecule has 1 atom stereocenters. The molecule has 1 unspecified atom stereocenters. The zero-order valence-electron chi connectivity index (χ0n) is 10.1. The molecule has 1 aromatic carbocycles. The van der Waals surface area contributed by atoms with E-state index in [1.807, 2.05) is 0 Å². The lowest BCUT2D eigenvalue weighted by Gasteiger charge is -2.14. The van der Waals surface area contributed by atoms with E-state index < -0.39 is 9.75 Å². The van der Waals surface area contributed by atoms with Crippen LogP contribution in [-0.2, 0) is 0 Å². The highest BCUT2D eigenvalue weighted by molar-refractivity contribution is 9.10. The molecule has 2 aromatic rings. The van der Waals surface area contributed by atoms with E-state index >= 15 is 0 Å². The van der Waals surface area contributed by atoms with Gasteiger partial charge in [0.1, 0.15) is 21.3 Å². The summed E-state index contributed by atoms with van der Waals surface area (Å²) in [6, 6.07) is 6.24. The van der Waals surface area contributed by atoms with Crippen LogP contribution in [0.15, 0.2) is 33.2 Å². The average Bonchev–Trinajstić information content (AvgIpc) is 2.86. The first-order valence-electron chi connectivity index (χ1n) is 5.35. The Hall–Kier alpha value is -1.05. The zero-order valence-corrected chi connectivity index (χ0v) is 14.0. The van der Waals surface area contributed by atoms with Crippen molar-refractivity contribution < 1.29 is 14.1 Å². The van der Waals surface area contributed by atoms with E-state index in [4.69, 9.17) is 20.8 Å². The fourth-order valence-electron chi connectivity index (χ4n) is 1.71. The molecule has 0 aliphatic rings. The van der Waals surface area contributed by atoms with Crippen molar-refractivity contribution in [3.05, 3.63) is 55.2 Å². The van der Waals surface area contributed by atoms with Crippen LogP contribution in [0.25, 0.3) is 0 Å². The summed E-state index contributed by atoms with van der Waals surface area (Å²) in [6.07, 6.45) is 0. The van der Waals surface area contributed by atoms with Crippen LogP contribution in [-0.4, -0.2) is 12.0 Å². The molecule has 1 heterocycles. The second kappa shape index (κ2) is 6.15. The van der Waals surface area contributed by atoms with Gasteiger partial charge in [-0.1, -0.05) is 27.5 Å². The molecule has 0 amide bonds. The molecule has 5 nitrogen and oxygen atoms in total. The SMILES string of the molecule is COc1c(Br)cc(Cl)cc1C(Br)c1ccc([N+](=O)[O-])o1. The molecule has 106 valence electrons. The van der Waals surface area contributed by atoms with E-state index in [2.05, 4.69) is 31.9 Å². The van der Waals surface area contributed by atoms with E-state index in [0.29, 0.717) is 26.6 Å². The number of rotatable bonds is 4. The Labute approximate surface area is 136 Å². The first-order valence-corrected chi connectivity index (χ1v) is 7.43. The maximum atomic E-state index is 10.6. The molecular weight excluding hydrogens is 417 g/mol. The van der Waals surface area contributed by atoms with E-state index in [9.17, 15) is 10.1 Å². The van der Waals surface area contributed by atoms with Crippen LogP contribution in [0.4, 0.5) is 5.88 Å². The lowest BCUT2D eigenvalue weighted by molar-refractivity contribution is -0.402. The molecule has 0 aliphatic carbocycles. The van der Waals surface area contributed by atoms with Crippen LogP contribution >= 0.6 is 43.5 Å². The summed E-state index contributed by atoms with van der Waals surface area (Å²) in [4.78, 5) is 9.64. The zero-order chi connectivity index (χ0) is 14.9. The van der Waals surface area contributed by atoms with Crippen molar-refractivity contribution in [2.24, 2.45) is 0 Å². The molecule has 2 rings (SSSR count). The van der Waals surface area contributed by atoms with Crippen molar-refractivity contribution in [1.29, 1.82) is 0 Å². The third kappa shape index (κ3) is 2.99. The number of hydrogen-bond donors (Lipinski definition) is 0. The maximum Gasteiger partial charge on any atom is 0.433 e. The minimum Gasteiger partial charge on any atom is -0.495 e. The van der Waals surface area contributed by atoms with E-state index in [-0.39, 0.29) is 5.88 Å². The molecule has 0 spiro atoms. The van der Waals surface area contributed by atoms with Crippen LogP contribution in [0, 0.1) is 10.1 Å². The Kier molecular flexibility index (Phi) is 4.72. The monoisotopic (exact) mass is 423 g/mol. The van der Waals surface area contributed by atoms with E-state index in [1.54, 1.807) is 12.1 Å². The number of furan rings is 1. The van der Waals surface area contributed by atoms with Gasteiger partial charge in [-0.15, -0.1) is 0 Å². The van der Waals surface area contributed by atoms with Gasteiger partial charge in [0.2, 0.25) is 0 Å². The minimum atomic E-state index is -0.589. The third-order valence-corrected chi connectivity index (χ3v) is 4.31. The van der Waals surface area contributed by atoms with Crippen molar-refractivity contribution in [1.82, 2.24) is 0 Å². The van der Waals surface area contributed by atoms with Gasteiger partial charge in [-0.2, -0.15) is 0 Å². The summed E-state index contributed by atoms with van der Waals surface area (Å²) in [5.74, 6) is 0.656. The standard InChI is InChI=1S/C12H8Br2ClNO4/c1-19-12-7(4-6(15)5-8(12)13)11(14)9-2-3-10(20-9)16(17)18/h2-5,11H,1H3. The van der Waals surface area contributed by atoms with Gasteiger partial charge in [0.25, 0.3) is 0 Å². The van der Waals surface area contributed by atoms with Crippen molar-refractivity contribution in [3.8, 4) is 5.75 Å². The summed E-state index contributed by atoms with van der Waals surface area (Å²) in [5.41, 5.74) is 0.705. The van der Waals surface area contributed by atoms with Crippen LogP contribution in [0.1, 0.15) is 16.2 Å². The van der Waals surface area contributed by atoms with Crippen molar-refractivity contribution in [2.75, 3.05) is 7.11 Å². The van der Waals surface area contributed by atoms with Gasteiger partial charge in [0, 0.05) is 10.6 Å². The molecule has 8 heteroatoms. The normalized spacial score (nSPS) is 12.2. The second-order valence-electron chi connectivity index (χ2n) is 3.81. The van der Waals surface area contributed by atoms with Gasteiger partial charge < -0.3 is 9.15 Å². The number of nitro groups is 1. The summed E-state index contributed by atoms with van der Waals surface area (Å²) >= 11 is 12.8. The predicted octanol–water partition coefficient (Wildman–Crippen LogP) is 5.10. The number of nitrogens with zero attached hydrogens (tertiary/aromatic N) is 1. The van der Waals surface area contributed by atoms with Gasteiger partial charge in [0.05, 0.1) is 17.6 Å². The molecule has 0 radical (unpaired) electrons. The third-order valence-electron chi connectivity index (χ3n) is 2.56. The molecule has 20 heavy (non-hydrogen) atoms. The van der Waals surface area contributed by atoms with Crippen LogP contribution in [0.5, 0.6) is 5.75 Å². The van der Waals surface area contributed by atoms with Gasteiger partial charge in [0.15, 0.2) is 0 Å². The first kappa shape index (κ1) is 15.3. The summed E-state index contributed by atoms with van der Waals surface area (Å²) in [7, 11) is 1.53. The highest BCUT2D eigenvalue weighted by Crippen LogP contribution is 2.43. The maximum absolute atomic E-state index is 10.6. The van der Waals surface area contributed by atoms with Gasteiger partial charge >= 0.3 is 5.88 Å². The molecular formula is C12H8Br2ClNO4. The second-order valence-corrected chi connectivity index (χ2v) is 6.01. The lowest BCUT2D eigenvalue weighted by Crippen LogP contribution is -1.97. The van der Waals surface area contributed by atoms with Crippen molar-refractivity contribution >= 4 is 49.3 Å². The van der Waals surface area contributed by atoms with E-state index in [0.717, 1.165) is 0 Å². The van der Waals surface area contributed by atoms with Crippen LogP contribution < -0.4 is 4.74 Å². The molecule has 0 fully saturated rings. The molecule has 0 saturated carbocycles. The number of ether oxygens (including phenoxy) is 1. The van der Waals surface area contributed by atoms with Crippen molar-refractivity contribution in [3.63, 3.8) is 0 Å². The van der Waals surface area contributed by atoms with Crippen LogP contribution in [0.3, 0.4) is 0 Å². The molecule has 0 bridgehead atoms.